The predicted octanol–water partition coefficient (Wildman–Crippen LogP) is 3.30. The van der Waals surface area contributed by atoms with E-state index < -0.39 is 17.7 Å². The van der Waals surface area contributed by atoms with Crippen molar-refractivity contribution in [1.29, 1.82) is 0 Å². The fraction of sp³-hybridized carbons (Fsp3) is 0.136. The Hall–Kier alpha value is -3.87. The van der Waals surface area contributed by atoms with Crippen LogP contribution in [0.1, 0.15) is 22.8 Å². The lowest BCUT2D eigenvalue weighted by Crippen LogP contribution is -2.16. The second-order valence-electron chi connectivity index (χ2n) is 5.97. The van der Waals surface area contributed by atoms with Gasteiger partial charge in [0.2, 0.25) is 11.7 Å². The number of methoxy groups -OCH3 is 1. The molecular formula is C22H19NO6. The summed E-state index contributed by atoms with van der Waals surface area (Å²) in [7, 11) is 1.30. The number of esters is 2. The average molecular weight is 393 g/mol. The van der Waals surface area contributed by atoms with Crippen LogP contribution in [-0.4, -0.2) is 31.4 Å². The van der Waals surface area contributed by atoms with Crippen molar-refractivity contribution in [2.75, 3.05) is 19.0 Å². The Morgan fingerprint density at radius 3 is 2.34 bits per heavy atom. The van der Waals surface area contributed by atoms with Crippen molar-refractivity contribution >= 4 is 29.5 Å². The van der Waals surface area contributed by atoms with Crippen molar-refractivity contribution in [3.63, 3.8) is 0 Å². The highest BCUT2D eigenvalue weighted by molar-refractivity contribution is 6.26. The van der Waals surface area contributed by atoms with Gasteiger partial charge in [0.1, 0.15) is 0 Å². The SMILES string of the molecule is CCOC(=O)C1=C(Nc2ccccc2)OC(=Cc2ccc(C(=O)OC)cc2)C1=O. The summed E-state index contributed by atoms with van der Waals surface area (Å²) in [5.74, 6) is -1.83. The van der Waals surface area contributed by atoms with Crippen molar-refractivity contribution in [3.05, 3.63) is 82.9 Å². The number of carbonyl (C=O) groups excluding carboxylic acids is 3. The first kappa shape index (κ1) is 19.9. The van der Waals surface area contributed by atoms with Crippen LogP contribution < -0.4 is 5.32 Å². The number of para-hydroxylation sites is 1. The number of rotatable bonds is 6. The molecule has 0 radical (unpaired) electrons. The Kier molecular flexibility index (Phi) is 6.09. The minimum atomic E-state index is -0.764. The second-order valence-corrected chi connectivity index (χ2v) is 5.97. The number of ether oxygens (including phenoxy) is 3. The maximum atomic E-state index is 12.8. The van der Waals surface area contributed by atoms with Gasteiger partial charge in [0, 0.05) is 5.69 Å². The molecule has 148 valence electrons. The smallest absolute Gasteiger partial charge is 0.347 e. The summed E-state index contributed by atoms with van der Waals surface area (Å²) in [6.07, 6.45) is 1.49. The van der Waals surface area contributed by atoms with Crippen molar-refractivity contribution in [1.82, 2.24) is 0 Å². The molecule has 7 heteroatoms. The van der Waals surface area contributed by atoms with E-state index in [0.29, 0.717) is 16.8 Å². The maximum Gasteiger partial charge on any atom is 0.347 e. The Morgan fingerprint density at radius 1 is 1.03 bits per heavy atom. The third-order valence-corrected chi connectivity index (χ3v) is 4.03. The summed E-state index contributed by atoms with van der Waals surface area (Å²) in [6.45, 7) is 1.78. The van der Waals surface area contributed by atoms with Crippen LogP contribution in [-0.2, 0) is 23.8 Å². The standard InChI is InChI=1S/C22H19NO6/c1-3-28-22(26)18-19(24)17(29-20(18)23-16-7-5-4-6-8-16)13-14-9-11-15(12-10-14)21(25)27-2/h4-13,23H,3H2,1-2H3. The molecule has 0 amide bonds. The van der Waals surface area contributed by atoms with Crippen LogP contribution >= 0.6 is 0 Å². The molecule has 0 aliphatic carbocycles. The molecule has 0 unspecified atom stereocenters. The molecule has 1 aliphatic heterocycles. The van der Waals surface area contributed by atoms with Gasteiger partial charge in [0.25, 0.3) is 0 Å². The van der Waals surface area contributed by atoms with E-state index in [4.69, 9.17) is 9.47 Å². The number of hydrogen-bond acceptors (Lipinski definition) is 7. The molecule has 0 saturated carbocycles. The Balaban J connectivity index is 1.89. The van der Waals surface area contributed by atoms with E-state index in [9.17, 15) is 14.4 Å². The van der Waals surface area contributed by atoms with Crippen molar-refractivity contribution in [3.8, 4) is 0 Å². The highest BCUT2D eigenvalue weighted by atomic mass is 16.5. The van der Waals surface area contributed by atoms with Crippen molar-refractivity contribution < 1.29 is 28.6 Å². The van der Waals surface area contributed by atoms with Gasteiger partial charge in [-0.1, -0.05) is 30.3 Å². The van der Waals surface area contributed by atoms with E-state index in [1.807, 2.05) is 18.2 Å². The monoisotopic (exact) mass is 393 g/mol. The molecule has 0 spiro atoms. The van der Waals surface area contributed by atoms with Gasteiger partial charge in [-0.15, -0.1) is 0 Å². The first-order chi connectivity index (χ1) is 14.0. The number of carbonyl (C=O) groups is 3. The molecule has 2 aromatic rings. The minimum Gasteiger partial charge on any atom is -0.465 e. The van der Waals surface area contributed by atoms with Crippen molar-refractivity contribution in [2.45, 2.75) is 6.92 Å². The molecule has 0 bridgehead atoms. The van der Waals surface area contributed by atoms with Gasteiger partial charge in [-0.25, -0.2) is 9.59 Å². The third-order valence-electron chi connectivity index (χ3n) is 4.03. The predicted molar refractivity (Wildman–Crippen MR) is 106 cm³/mol. The summed E-state index contributed by atoms with van der Waals surface area (Å²) in [6, 6.07) is 15.4. The number of anilines is 1. The van der Waals surface area contributed by atoms with Crippen LogP contribution in [0, 0.1) is 0 Å². The Labute approximate surface area is 167 Å². The van der Waals surface area contributed by atoms with E-state index in [1.54, 1.807) is 43.3 Å². The number of Topliss-reactive ketones (excluding diaryl/α,β-unsaturated/α-hetero) is 1. The number of allylic oxidation sites excluding steroid dienone is 1. The third kappa shape index (κ3) is 4.52. The average Bonchev–Trinajstić information content (AvgIpc) is 3.03. The van der Waals surface area contributed by atoms with Gasteiger partial charge < -0.3 is 19.5 Å². The van der Waals surface area contributed by atoms with E-state index in [0.717, 1.165) is 0 Å². The molecule has 1 heterocycles. The number of hydrogen-bond donors (Lipinski definition) is 1. The maximum absolute atomic E-state index is 12.8. The molecule has 1 N–H and O–H groups in total. The second kappa shape index (κ2) is 8.88. The molecular weight excluding hydrogens is 374 g/mol. The van der Waals surface area contributed by atoms with E-state index in [-0.39, 0.29) is 23.8 Å². The number of benzene rings is 2. The lowest BCUT2D eigenvalue weighted by Gasteiger charge is -2.08. The zero-order valence-corrected chi connectivity index (χ0v) is 15.9. The molecule has 0 fully saturated rings. The van der Waals surface area contributed by atoms with Crippen LogP contribution in [0.5, 0.6) is 0 Å². The van der Waals surface area contributed by atoms with Crippen molar-refractivity contribution in [2.24, 2.45) is 0 Å². The Bertz CT molecular complexity index is 990. The molecule has 0 aromatic heterocycles. The fourth-order valence-electron chi connectivity index (χ4n) is 2.64. The van der Waals surface area contributed by atoms with Gasteiger partial charge in [-0.3, -0.25) is 4.79 Å². The molecule has 7 nitrogen and oxygen atoms in total. The van der Waals surface area contributed by atoms with Crippen LogP contribution in [0.4, 0.5) is 5.69 Å². The van der Waals surface area contributed by atoms with E-state index in [2.05, 4.69) is 10.1 Å². The summed E-state index contributed by atoms with van der Waals surface area (Å²) in [4.78, 5) is 36.6. The summed E-state index contributed by atoms with van der Waals surface area (Å²) in [5, 5.41) is 2.94. The molecule has 0 saturated heterocycles. The molecule has 3 rings (SSSR count). The van der Waals surface area contributed by atoms with Crippen LogP contribution in [0.3, 0.4) is 0 Å². The quantitative estimate of drug-likeness (QED) is 0.457. The largest absolute Gasteiger partial charge is 0.465 e. The first-order valence-corrected chi connectivity index (χ1v) is 8.89. The number of ketones is 1. The van der Waals surface area contributed by atoms with E-state index >= 15 is 0 Å². The summed E-state index contributed by atoms with van der Waals surface area (Å²) < 4.78 is 15.3. The lowest BCUT2D eigenvalue weighted by atomic mass is 10.1. The topological polar surface area (TPSA) is 90.9 Å². The van der Waals surface area contributed by atoms with Gasteiger partial charge >= 0.3 is 11.9 Å². The minimum absolute atomic E-state index is 0.0112. The summed E-state index contributed by atoms with van der Waals surface area (Å²) >= 11 is 0. The number of nitrogens with one attached hydrogen (secondary N) is 1. The van der Waals surface area contributed by atoms with Crippen LogP contribution in [0.25, 0.3) is 6.08 Å². The highest BCUT2D eigenvalue weighted by Gasteiger charge is 2.37. The van der Waals surface area contributed by atoms with Gasteiger partial charge in [0.05, 0.1) is 19.3 Å². The lowest BCUT2D eigenvalue weighted by molar-refractivity contribution is -0.139. The zero-order valence-electron chi connectivity index (χ0n) is 15.9. The summed E-state index contributed by atoms with van der Waals surface area (Å²) in [5.41, 5.74) is 1.45. The molecule has 0 atom stereocenters. The molecule has 1 aliphatic rings. The van der Waals surface area contributed by atoms with E-state index in [1.165, 1.54) is 13.2 Å². The fourth-order valence-corrected chi connectivity index (χ4v) is 2.64. The zero-order chi connectivity index (χ0) is 20.8. The van der Waals surface area contributed by atoms with Crippen LogP contribution in [0.2, 0.25) is 0 Å². The highest BCUT2D eigenvalue weighted by Crippen LogP contribution is 2.28. The Morgan fingerprint density at radius 2 is 1.72 bits per heavy atom. The molecule has 2 aromatic carbocycles. The van der Waals surface area contributed by atoms with Crippen LogP contribution in [0.15, 0.2) is 71.8 Å². The van der Waals surface area contributed by atoms with Gasteiger partial charge in [-0.05, 0) is 42.8 Å². The van der Waals surface area contributed by atoms with Gasteiger partial charge in [0.15, 0.2) is 11.3 Å². The molecule has 29 heavy (non-hydrogen) atoms. The normalized spacial score (nSPS) is 14.6. The van der Waals surface area contributed by atoms with Gasteiger partial charge in [-0.2, -0.15) is 0 Å². The first-order valence-electron chi connectivity index (χ1n) is 8.89.